The smallest absolute Gasteiger partial charge is 0.256 e. The molecule has 1 aliphatic rings. The van der Waals surface area contributed by atoms with Crippen molar-refractivity contribution in [3.05, 3.63) is 70.2 Å². The van der Waals surface area contributed by atoms with Crippen LogP contribution in [0.3, 0.4) is 0 Å². The summed E-state index contributed by atoms with van der Waals surface area (Å²) in [6.45, 7) is 4.87. The van der Waals surface area contributed by atoms with Crippen molar-refractivity contribution in [1.82, 2.24) is 33.7 Å². The second-order valence-electron chi connectivity index (χ2n) is 7.77. The molecule has 0 aliphatic heterocycles. The summed E-state index contributed by atoms with van der Waals surface area (Å²) in [5.74, 6) is 3.13. The van der Waals surface area contributed by atoms with Crippen LogP contribution < -0.4 is 5.56 Å². The molecule has 0 saturated heterocycles. The fraction of sp³-hybridized carbons (Fsp3) is 0.381. The first-order valence-electron chi connectivity index (χ1n) is 10.0. The molecule has 0 N–H and O–H groups in total. The van der Waals surface area contributed by atoms with Gasteiger partial charge in [-0.2, -0.15) is 5.10 Å². The van der Waals surface area contributed by atoms with Gasteiger partial charge in [0.25, 0.3) is 5.56 Å². The van der Waals surface area contributed by atoms with E-state index in [0.717, 1.165) is 41.6 Å². The Hall–Kier alpha value is -3.29. The van der Waals surface area contributed by atoms with Crippen LogP contribution in [0.5, 0.6) is 0 Å². The molecule has 8 heteroatoms. The Labute approximate surface area is 167 Å². The lowest BCUT2D eigenvalue weighted by atomic mass is 10.3. The summed E-state index contributed by atoms with van der Waals surface area (Å²) in [6, 6.07) is 5.15. The molecule has 29 heavy (non-hydrogen) atoms. The van der Waals surface area contributed by atoms with Crippen LogP contribution in [0.2, 0.25) is 0 Å². The average molecular weight is 389 g/mol. The third-order valence-electron chi connectivity index (χ3n) is 5.39. The first-order chi connectivity index (χ1) is 14.1. The van der Waals surface area contributed by atoms with E-state index in [-0.39, 0.29) is 5.56 Å². The molecule has 1 aliphatic carbocycles. The van der Waals surface area contributed by atoms with Crippen molar-refractivity contribution < 1.29 is 0 Å². The summed E-state index contributed by atoms with van der Waals surface area (Å²) < 4.78 is 5.64. The van der Waals surface area contributed by atoms with Crippen LogP contribution in [-0.2, 0) is 19.4 Å². The third-order valence-corrected chi connectivity index (χ3v) is 5.39. The van der Waals surface area contributed by atoms with Crippen LogP contribution in [0.4, 0.5) is 0 Å². The SMILES string of the molecule is Cc1ncc(C)n2nc(CCc3nc(-n4ccccc4=O)cn3CC3CC3)nc12. The van der Waals surface area contributed by atoms with E-state index in [9.17, 15) is 4.79 Å². The van der Waals surface area contributed by atoms with Crippen molar-refractivity contribution >= 4 is 5.65 Å². The van der Waals surface area contributed by atoms with Crippen molar-refractivity contribution in [1.29, 1.82) is 0 Å². The largest absolute Gasteiger partial charge is 0.332 e. The molecule has 1 saturated carbocycles. The van der Waals surface area contributed by atoms with Crippen LogP contribution in [0.25, 0.3) is 11.5 Å². The maximum absolute atomic E-state index is 12.2. The molecule has 4 heterocycles. The Morgan fingerprint density at radius 2 is 2.00 bits per heavy atom. The predicted molar refractivity (Wildman–Crippen MR) is 108 cm³/mol. The van der Waals surface area contributed by atoms with Gasteiger partial charge in [0.05, 0.1) is 11.4 Å². The molecule has 0 bridgehead atoms. The highest BCUT2D eigenvalue weighted by molar-refractivity contribution is 5.43. The van der Waals surface area contributed by atoms with Crippen LogP contribution >= 0.6 is 0 Å². The Bertz CT molecular complexity index is 1210. The zero-order valence-corrected chi connectivity index (χ0v) is 16.6. The van der Waals surface area contributed by atoms with E-state index < -0.39 is 0 Å². The van der Waals surface area contributed by atoms with Gasteiger partial charge in [0, 0.05) is 44.0 Å². The van der Waals surface area contributed by atoms with E-state index in [4.69, 9.17) is 4.98 Å². The molecule has 0 spiro atoms. The number of imidazole rings is 1. The normalized spacial score (nSPS) is 14.0. The number of hydrogen-bond acceptors (Lipinski definition) is 5. The number of aryl methyl sites for hydroxylation is 4. The van der Waals surface area contributed by atoms with Crippen LogP contribution in [0.15, 0.2) is 41.6 Å². The zero-order valence-electron chi connectivity index (χ0n) is 16.6. The van der Waals surface area contributed by atoms with Crippen molar-refractivity contribution in [2.24, 2.45) is 5.92 Å². The molecule has 0 amide bonds. The summed E-state index contributed by atoms with van der Waals surface area (Å²) >= 11 is 0. The van der Waals surface area contributed by atoms with Gasteiger partial charge in [-0.15, -0.1) is 0 Å². The second kappa shape index (κ2) is 6.95. The van der Waals surface area contributed by atoms with Gasteiger partial charge in [-0.1, -0.05) is 6.07 Å². The van der Waals surface area contributed by atoms with Gasteiger partial charge in [0.2, 0.25) is 0 Å². The van der Waals surface area contributed by atoms with Crippen LogP contribution in [0, 0.1) is 19.8 Å². The quantitative estimate of drug-likeness (QED) is 0.505. The summed E-state index contributed by atoms with van der Waals surface area (Å²) in [5.41, 5.74) is 2.56. The van der Waals surface area contributed by atoms with Gasteiger partial charge in [0.1, 0.15) is 5.82 Å². The lowest BCUT2D eigenvalue weighted by Crippen LogP contribution is -2.15. The summed E-state index contributed by atoms with van der Waals surface area (Å²) in [6.07, 6.45) is 9.49. The van der Waals surface area contributed by atoms with Gasteiger partial charge in [-0.3, -0.25) is 14.3 Å². The van der Waals surface area contributed by atoms with E-state index in [1.807, 2.05) is 36.8 Å². The number of pyridine rings is 1. The van der Waals surface area contributed by atoms with Crippen molar-refractivity contribution in [3.8, 4) is 5.82 Å². The summed E-state index contributed by atoms with van der Waals surface area (Å²) in [7, 11) is 0. The lowest BCUT2D eigenvalue weighted by molar-refractivity contribution is 0.590. The van der Waals surface area contributed by atoms with Gasteiger partial charge in [-0.05, 0) is 38.7 Å². The molecule has 8 nitrogen and oxygen atoms in total. The first kappa shape index (κ1) is 17.8. The Morgan fingerprint density at radius 1 is 1.14 bits per heavy atom. The van der Waals surface area contributed by atoms with Gasteiger partial charge >= 0.3 is 0 Å². The minimum atomic E-state index is -0.0735. The van der Waals surface area contributed by atoms with E-state index in [0.29, 0.717) is 18.2 Å². The highest BCUT2D eigenvalue weighted by Gasteiger charge is 2.23. The number of nitrogens with zero attached hydrogens (tertiary/aromatic N) is 7. The van der Waals surface area contributed by atoms with E-state index >= 15 is 0 Å². The van der Waals surface area contributed by atoms with Crippen molar-refractivity contribution in [3.63, 3.8) is 0 Å². The molecular weight excluding hydrogens is 366 g/mol. The Balaban J connectivity index is 1.44. The second-order valence-corrected chi connectivity index (χ2v) is 7.77. The molecule has 0 atom stereocenters. The summed E-state index contributed by atoms with van der Waals surface area (Å²) in [5, 5.41) is 4.64. The molecule has 1 fully saturated rings. The number of rotatable bonds is 6. The maximum Gasteiger partial charge on any atom is 0.256 e. The molecule has 148 valence electrons. The zero-order chi connectivity index (χ0) is 20.0. The fourth-order valence-electron chi connectivity index (χ4n) is 3.58. The lowest BCUT2D eigenvalue weighted by Gasteiger charge is -2.05. The van der Waals surface area contributed by atoms with E-state index in [1.165, 1.54) is 12.8 Å². The topological polar surface area (TPSA) is 82.9 Å². The van der Waals surface area contributed by atoms with Crippen molar-refractivity contribution in [2.75, 3.05) is 0 Å². The summed E-state index contributed by atoms with van der Waals surface area (Å²) in [4.78, 5) is 26.0. The molecule has 0 aromatic carbocycles. The Morgan fingerprint density at radius 3 is 2.76 bits per heavy atom. The Kier molecular flexibility index (Phi) is 4.26. The maximum atomic E-state index is 12.2. The van der Waals surface area contributed by atoms with Gasteiger partial charge in [-0.25, -0.2) is 14.5 Å². The van der Waals surface area contributed by atoms with E-state index in [1.54, 1.807) is 22.9 Å². The highest BCUT2D eigenvalue weighted by Crippen LogP contribution is 2.31. The average Bonchev–Trinajstić information content (AvgIpc) is 3.27. The molecule has 5 rings (SSSR count). The van der Waals surface area contributed by atoms with Crippen LogP contribution in [0.1, 0.15) is 35.9 Å². The molecule has 4 aromatic heterocycles. The van der Waals surface area contributed by atoms with E-state index in [2.05, 4.69) is 19.6 Å². The standard InChI is InChI=1S/C21H23N7O/c1-14-11-22-15(2)21-23-17(25-28(14)21)8-9-18-24-19(13-26(18)12-16-6-7-16)27-10-4-3-5-20(27)29/h3-5,10-11,13,16H,6-9,12H2,1-2H3. The number of fused-ring (bicyclic) bond motifs is 1. The molecule has 0 radical (unpaired) electrons. The molecule has 4 aromatic rings. The van der Waals surface area contributed by atoms with Gasteiger partial charge in [0.15, 0.2) is 17.3 Å². The number of aromatic nitrogens is 7. The highest BCUT2D eigenvalue weighted by atomic mass is 16.1. The molecule has 0 unspecified atom stereocenters. The molecular formula is C21H23N7O. The van der Waals surface area contributed by atoms with Crippen LogP contribution in [-0.4, -0.2) is 33.7 Å². The fourth-order valence-corrected chi connectivity index (χ4v) is 3.58. The minimum absolute atomic E-state index is 0.0735. The monoisotopic (exact) mass is 389 g/mol. The third kappa shape index (κ3) is 3.46. The first-order valence-corrected chi connectivity index (χ1v) is 10.0. The predicted octanol–water partition coefficient (Wildman–Crippen LogP) is 2.28. The van der Waals surface area contributed by atoms with Gasteiger partial charge < -0.3 is 4.57 Å². The minimum Gasteiger partial charge on any atom is -0.332 e. The number of hydrogen-bond donors (Lipinski definition) is 0. The van der Waals surface area contributed by atoms with Crippen molar-refractivity contribution in [2.45, 2.75) is 46.1 Å².